The Morgan fingerprint density at radius 1 is 1.50 bits per heavy atom. The molecule has 0 bridgehead atoms. The van der Waals surface area contributed by atoms with Crippen molar-refractivity contribution in [2.24, 2.45) is 17.8 Å². The van der Waals surface area contributed by atoms with Gasteiger partial charge in [0.15, 0.2) is 0 Å². The number of ether oxygens (including phenoxy) is 1. The average Bonchev–Trinajstić information content (AvgIpc) is 2.71. The lowest BCUT2D eigenvalue weighted by atomic mass is 9.94. The van der Waals surface area contributed by atoms with E-state index in [1.54, 1.807) is 0 Å². The molecule has 0 aromatic rings. The van der Waals surface area contributed by atoms with E-state index in [4.69, 9.17) is 9.84 Å². The molecule has 4 heteroatoms. The Hall–Kier alpha value is -0.610. The Morgan fingerprint density at radius 3 is 2.72 bits per heavy atom. The van der Waals surface area contributed by atoms with Crippen LogP contribution in [0.3, 0.4) is 0 Å². The van der Waals surface area contributed by atoms with Crippen molar-refractivity contribution in [2.45, 2.75) is 46.1 Å². The monoisotopic (exact) mass is 257 g/mol. The number of amides is 1. The van der Waals surface area contributed by atoms with E-state index in [0.717, 1.165) is 19.3 Å². The first-order chi connectivity index (χ1) is 8.54. The fraction of sp³-hybridized carbons (Fsp3) is 0.929. The van der Waals surface area contributed by atoms with Gasteiger partial charge in [0.25, 0.3) is 0 Å². The van der Waals surface area contributed by atoms with E-state index in [9.17, 15) is 4.79 Å². The maximum atomic E-state index is 12.0. The molecule has 0 spiro atoms. The minimum atomic E-state index is -0.279. The van der Waals surface area contributed by atoms with E-state index >= 15 is 0 Å². The molecule has 0 aliphatic carbocycles. The first-order valence-corrected chi connectivity index (χ1v) is 7.04. The van der Waals surface area contributed by atoms with Crippen molar-refractivity contribution in [3.63, 3.8) is 0 Å². The predicted octanol–water partition coefficient (Wildman–Crippen LogP) is 1.57. The molecule has 1 saturated heterocycles. The predicted molar refractivity (Wildman–Crippen MR) is 71.2 cm³/mol. The maximum Gasteiger partial charge on any atom is 0.249 e. The second kappa shape index (κ2) is 7.74. The van der Waals surface area contributed by atoms with E-state index in [-0.39, 0.29) is 18.6 Å². The van der Waals surface area contributed by atoms with Gasteiger partial charge < -0.3 is 15.2 Å². The number of hydrogen-bond acceptors (Lipinski definition) is 3. The van der Waals surface area contributed by atoms with Crippen LogP contribution in [-0.2, 0) is 9.53 Å². The summed E-state index contributed by atoms with van der Waals surface area (Å²) in [6, 6.07) is 0. The van der Waals surface area contributed by atoms with Gasteiger partial charge in [-0.2, -0.15) is 0 Å². The molecule has 0 radical (unpaired) electrons. The third kappa shape index (κ3) is 4.94. The highest BCUT2D eigenvalue weighted by molar-refractivity contribution is 5.81. The first kappa shape index (κ1) is 15.4. The van der Waals surface area contributed by atoms with Crippen molar-refractivity contribution in [1.82, 2.24) is 5.32 Å². The number of aliphatic hydroxyl groups is 1. The molecule has 1 heterocycles. The summed E-state index contributed by atoms with van der Waals surface area (Å²) in [6.07, 6.45) is 2.46. The minimum absolute atomic E-state index is 0.00620. The summed E-state index contributed by atoms with van der Waals surface area (Å²) in [5.74, 6) is 1.26. The fourth-order valence-electron chi connectivity index (χ4n) is 2.53. The van der Waals surface area contributed by atoms with Crippen LogP contribution in [0.2, 0.25) is 0 Å². The van der Waals surface area contributed by atoms with Crippen LogP contribution in [0.1, 0.15) is 40.0 Å². The number of aliphatic hydroxyl groups excluding tert-OH is 1. The van der Waals surface area contributed by atoms with Crippen LogP contribution in [0.15, 0.2) is 0 Å². The van der Waals surface area contributed by atoms with Gasteiger partial charge in [-0.25, -0.2) is 0 Å². The summed E-state index contributed by atoms with van der Waals surface area (Å²) in [5, 5.41) is 12.0. The van der Waals surface area contributed by atoms with Crippen LogP contribution in [0.4, 0.5) is 0 Å². The highest BCUT2D eigenvalue weighted by atomic mass is 16.5. The molecule has 0 aromatic heterocycles. The van der Waals surface area contributed by atoms with Crippen LogP contribution < -0.4 is 5.32 Å². The van der Waals surface area contributed by atoms with Crippen molar-refractivity contribution in [3.8, 4) is 0 Å². The van der Waals surface area contributed by atoms with Gasteiger partial charge in [-0.3, -0.25) is 4.79 Å². The molecule has 3 unspecified atom stereocenters. The molecule has 2 N–H and O–H groups in total. The van der Waals surface area contributed by atoms with Crippen LogP contribution in [-0.4, -0.2) is 36.9 Å². The zero-order valence-corrected chi connectivity index (χ0v) is 11.8. The van der Waals surface area contributed by atoms with Gasteiger partial charge in [-0.15, -0.1) is 0 Å². The molecule has 4 nitrogen and oxygen atoms in total. The highest BCUT2D eigenvalue weighted by Crippen LogP contribution is 2.20. The largest absolute Gasteiger partial charge is 0.396 e. The SMILES string of the molecule is CC(C)CC(CCO)CNC(=O)C1OCCC1C. The fourth-order valence-corrected chi connectivity index (χ4v) is 2.53. The molecule has 0 aromatic carbocycles. The van der Waals surface area contributed by atoms with Crippen molar-refractivity contribution in [1.29, 1.82) is 0 Å². The van der Waals surface area contributed by atoms with Gasteiger partial charge in [-0.05, 0) is 37.0 Å². The van der Waals surface area contributed by atoms with Crippen molar-refractivity contribution >= 4 is 5.91 Å². The second-order valence-electron chi connectivity index (χ2n) is 5.81. The topological polar surface area (TPSA) is 58.6 Å². The van der Waals surface area contributed by atoms with Crippen LogP contribution in [0, 0.1) is 17.8 Å². The Labute approximate surface area is 110 Å². The van der Waals surface area contributed by atoms with Gasteiger partial charge in [-0.1, -0.05) is 20.8 Å². The number of carbonyl (C=O) groups is 1. The van der Waals surface area contributed by atoms with Crippen molar-refractivity contribution in [2.75, 3.05) is 19.8 Å². The smallest absolute Gasteiger partial charge is 0.249 e. The lowest BCUT2D eigenvalue weighted by Crippen LogP contribution is -2.40. The molecular formula is C14H27NO3. The molecule has 1 aliphatic rings. The van der Waals surface area contributed by atoms with Crippen LogP contribution in [0.25, 0.3) is 0 Å². The Kier molecular flexibility index (Phi) is 6.65. The standard InChI is InChI=1S/C14H27NO3/c1-10(2)8-12(4-6-16)9-15-14(17)13-11(3)5-7-18-13/h10-13,16H,4-9H2,1-3H3,(H,15,17). The first-order valence-electron chi connectivity index (χ1n) is 7.04. The molecule has 3 atom stereocenters. The average molecular weight is 257 g/mol. The summed E-state index contributed by atoms with van der Waals surface area (Å²) >= 11 is 0. The van der Waals surface area contributed by atoms with Crippen molar-refractivity contribution in [3.05, 3.63) is 0 Å². The quantitative estimate of drug-likeness (QED) is 0.728. The van der Waals surface area contributed by atoms with Crippen LogP contribution >= 0.6 is 0 Å². The minimum Gasteiger partial charge on any atom is -0.396 e. The summed E-state index contributed by atoms with van der Waals surface area (Å²) < 4.78 is 5.44. The maximum absolute atomic E-state index is 12.0. The number of carbonyl (C=O) groups excluding carboxylic acids is 1. The summed E-state index contributed by atoms with van der Waals surface area (Å²) in [4.78, 5) is 12.0. The molecule has 1 fully saturated rings. The molecular weight excluding hydrogens is 230 g/mol. The van der Waals surface area contributed by atoms with Gasteiger partial charge in [0.1, 0.15) is 6.10 Å². The zero-order valence-electron chi connectivity index (χ0n) is 11.8. The van der Waals surface area contributed by atoms with E-state index < -0.39 is 0 Å². The molecule has 1 amide bonds. The van der Waals surface area contributed by atoms with Gasteiger partial charge in [0.2, 0.25) is 5.91 Å². The third-order valence-corrected chi connectivity index (χ3v) is 3.55. The normalized spacial score (nSPS) is 25.4. The molecule has 0 saturated carbocycles. The Morgan fingerprint density at radius 2 is 2.22 bits per heavy atom. The zero-order chi connectivity index (χ0) is 13.5. The van der Waals surface area contributed by atoms with E-state index in [1.807, 2.05) is 0 Å². The molecule has 1 rings (SSSR count). The van der Waals surface area contributed by atoms with E-state index in [1.165, 1.54) is 0 Å². The molecule has 1 aliphatic heterocycles. The van der Waals surface area contributed by atoms with E-state index in [2.05, 4.69) is 26.1 Å². The summed E-state index contributed by atoms with van der Waals surface area (Å²) in [5.41, 5.74) is 0. The van der Waals surface area contributed by atoms with Gasteiger partial charge in [0, 0.05) is 19.8 Å². The number of hydrogen-bond donors (Lipinski definition) is 2. The number of rotatable bonds is 7. The lowest BCUT2D eigenvalue weighted by molar-refractivity contribution is -0.131. The van der Waals surface area contributed by atoms with E-state index in [0.29, 0.717) is 30.9 Å². The lowest BCUT2D eigenvalue weighted by Gasteiger charge is -2.20. The molecule has 106 valence electrons. The van der Waals surface area contributed by atoms with Crippen LogP contribution in [0.5, 0.6) is 0 Å². The second-order valence-corrected chi connectivity index (χ2v) is 5.81. The summed E-state index contributed by atoms with van der Waals surface area (Å²) in [6.45, 7) is 7.89. The summed E-state index contributed by atoms with van der Waals surface area (Å²) in [7, 11) is 0. The van der Waals surface area contributed by atoms with Gasteiger partial charge >= 0.3 is 0 Å². The molecule has 18 heavy (non-hydrogen) atoms. The van der Waals surface area contributed by atoms with Crippen molar-refractivity contribution < 1.29 is 14.6 Å². The third-order valence-electron chi connectivity index (χ3n) is 3.55. The number of nitrogens with one attached hydrogen (secondary N) is 1. The Balaban J connectivity index is 2.34. The highest BCUT2D eigenvalue weighted by Gasteiger charge is 2.30. The van der Waals surface area contributed by atoms with Gasteiger partial charge in [0.05, 0.1) is 0 Å². The Bertz CT molecular complexity index is 255.